The second-order valence-electron chi connectivity index (χ2n) is 16.5. The van der Waals surface area contributed by atoms with E-state index < -0.39 is 0 Å². The second kappa shape index (κ2) is 15.7. The van der Waals surface area contributed by atoms with Gasteiger partial charge in [0.15, 0.2) is 11.6 Å². The minimum atomic E-state index is -0.119. The van der Waals surface area contributed by atoms with E-state index in [2.05, 4.69) is 0 Å². The topological polar surface area (TPSA) is 63.2 Å². The first-order chi connectivity index (χ1) is 23.0. The molecule has 6 heteroatoms. The monoisotopic (exact) mass is 659 g/mol. The molecule has 10 aliphatic carbocycles. The van der Waals surface area contributed by atoms with Gasteiger partial charge in [0.1, 0.15) is 6.10 Å². The van der Waals surface area contributed by atoms with Crippen LogP contribution in [0.25, 0.3) is 0 Å². The number of ether oxygens (including phenoxy) is 5. The molecule has 4 aliphatic heterocycles. The quantitative estimate of drug-likeness (QED) is 0.242. The maximum Gasteiger partial charge on any atom is 0.309 e. The molecule has 0 aromatic heterocycles. The normalized spacial score (nSPS) is 45.4. The van der Waals surface area contributed by atoms with Gasteiger partial charge in [-0.1, -0.05) is 41.5 Å². The summed E-state index contributed by atoms with van der Waals surface area (Å²) in [5.74, 6) is 8.72. The molecule has 2 atom stereocenters. The van der Waals surface area contributed by atoms with Crippen LogP contribution in [0.2, 0.25) is 0 Å². The van der Waals surface area contributed by atoms with Gasteiger partial charge in [-0.15, -0.1) is 0 Å². The standard InChI is InChI=1S/C13H20O2.C12H18O2.C10H14O2.3C2H6/c1-2-14-13(15-3-1)11-5-9-4-10(7-11)8-12(13)6-9;1-2-14-12(13-1)10-4-8-3-9(6-10)7-11(12)5-8;11-10-8-2-6-1-7(3-8)5-9(4-6)12-10;3*1-2/h9-12H,1-8H2;8-11H,1-7H2;6-9H,1-5H2;3*1-2H3. The zero-order valence-electron chi connectivity index (χ0n) is 31.0. The van der Waals surface area contributed by atoms with Crippen LogP contribution in [0.1, 0.15) is 144 Å². The van der Waals surface area contributed by atoms with Gasteiger partial charge in [0.2, 0.25) is 0 Å². The molecule has 12 bridgehead atoms. The summed E-state index contributed by atoms with van der Waals surface area (Å²) in [5, 5.41) is 0. The fourth-order valence-corrected chi connectivity index (χ4v) is 13.0. The molecule has 47 heavy (non-hydrogen) atoms. The number of esters is 1. The van der Waals surface area contributed by atoms with Gasteiger partial charge in [0.25, 0.3) is 0 Å². The maximum atomic E-state index is 11.4. The van der Waals surface area contributed by atoms with Crippen molar-refractivity contribution >= 4 is 5.97 Å². The molecule has 0 N–H and O–H groups in total. The number of fused-ring (bicyclic) bond motifs is 1. The van der Waals surface area contributed by atoms with Gasteiger partial charge in [-0.25, -0.2) is 0 Å². The van der Waals surface area contributed by atoms with E-state index in [1.54, 1.807) is 0 Å². The number of hydrogen-bond donors (Lipinski definition) is 0. The molecule has 14 aliphatic rings. The van der Waals surface area contributed by atoms with Crippen molar-refractivity contribution < 1.29 is 28.5 Å². The van der Waals surface area contributed by atoms with Crippen LogP contribution in [0.4, 0.5) is 0 Å². The van der Waals surface area contributed by atoms with Gasteiger partial charge in [0, 0.05) is 23.7 Å². The molecule has 6 nitrogen and oxygen atoms in total. The van der Waals surface area contributed by atoms with E-state index in [1.165, 1.54) is 70.6 Å². The predicted octanol–water partition coefficient (Wildman–Crippen LogP) is 9.58. The Balaban J connectivity index is 0.000000115. The number of hydrogen-bond acceptors (Lipinski definition) is 6. The van der Waals surface area contributed by atoms with Crippen LogP contribution in [0, 0.1) is 65.1 Å². The lowest BCUT2D eigenvalue weighted by Gasteiger charge is -2.60. The summed E-state index contributed by atoms with van der Waals surface area (Å²) in [6.45, 7) is 15.5. The largest absolute Gasteiger partial charge is 0.462 e. The SMILES string of the molecule is C1COC2(O1)C1CC3CC(C1)CC2C3.C1COC2(OC1)C1CC3CC(C1)CC2C3.CC.CC.CC.O=C1OC2CC3CC(C2)CC1C3. The van der Waals surface area contributed by atoms with Crippen molar-refractivity contribution in [3.05, 3.63) is 0 Å². The van der Waals surface area contributed by atoms with E-state index in [0.29, 0.717) is 0 Å². The minimum absolute atomic E-state index is 0.102. The van der Waals surface area contributed by atoms with Crippen LogP contribution in [-0.2, 0) is 28.5 Å². The molecule has 4 saturated heterocycles. The van der Waals surface area contributed by atoms with Crippen molar-refractivity contribution in [2.24, 2.45) is 65.1 Å². The number of carbonyl (C=O) groups is 1. The van der Waals surface area contributed by atoms with Crippen LogP contribution in [0.3, 0.4) is 0 Å². The Morgan fingerprint density at radius 2 is 0.745 bits per heavy atom. The molecule has 270 valence electrons. The predicted molar refractivity (Wildman–Crippen MR) is 185 cm³/mol. The molecule has 2 unspecified atom stereocenters. The summed E-state index contributed by atoms with van der Waals surface area (Å²) in [6, 6.07) is 0. The van der Waals surface area contributed by atoms with Crippen molar-refractivity contribution in [3.63, 3.8) is 0 Å². The van der Waals surface area contributed by atoms with Gasteiger partial charge in [-0.05, 0) is 138 Å². The number of rotatable bonds is 0. The molecule has 14 fully saturated rings. The van der Waals surface area contributed by atoms with Crippen molar-refractivity contribution in [1.29, 1.82) is 0 Å². The average molecular weight is 659 g/mol. The summed E-state index contributed by atoms with van der Waals surface area (Å²) in [4.78, 5) is 11.4. The lowest BCUT2D eigenvalue weighted by molar-refractivity contribution is -0.358. The first-order valence-corrected chi connectivity index (χ1v) is 20.8. The van der Waals surface area contributed by atoms with Crippen LogP contribution < -0.4 is 0 Å². The smallest absolute Gasteiger partial charge is 0.309 e. The van der Waals surface area contributed by atoms with E-state index in [9.17, 15) is 4.79 Å². The maximum absolute atomic E-state index is 11.4. The molecule has 2 spiro atoms. The Morgan fingerprint density at radius 1 is 0.426 bits per heavy atom. The molecule has 0 aromatic rings. The molecule has 0 aromatic carbocycles. The first kappa shape index (κ1) is 36.1. The third-order valence-corrected chi connectivity index (χ3v) is 13.9. The molecule has 14 rings (SSSR count). The van der Waals surface area contributed by atoms with Crippen LogP contribution in [-0.4, -0.2) is 50.1 Å². The molecular formula is C41H70O6. The summed E-state index contributed by atoms with van der Waals surface area (Å²) >= 11 is 0. The van der Waals surface area contributed by atoms with Crippen molar-refractivity contribution in [1.82, 2.24) is 0 Å². The van der Waals surface area contributed by atoms with Gasteiger partial charge in [0.05, 0.1) is 32.3 Å². The van der Waals surface area contributed by atoms with E-state index in [1.807, 2.05) is 41.5 Å². The second-order valence-corrected chi connectivity index (χ2v) is 16.5. The van der Waals surface area contributed by atoms with E-state index in [0.717, 1.165) is 118 Å². The van der Waals surface area contributed by atoms with Gasteiger partial charge < -0.3 is 23.7 Å². The van der Waals surface area contributed by atoms with E-state index >= 15 is 0 Å². The van der Waals surface area contributed by atoms with Gasteiger partial charge >= 0.3 is 5.97 Å². The molecule has 10 saturated carbocycles. The average Bonchev–Trinajstić information content (AvgIpc) is 3.53. The lowest BCUT2D eigenvalue weighted by Crippen LogP contribution is -2.61. The molecule has 0 radical (unpaired) electrons. The fourth-order valence-electron chi connectivity index (χ4n) is 13.0. The highest BCUT2D eigenvalue weighted by molar-refractivity contribution is 5.73. The van der Waals surface area contributed by atoms with Crippen molar-refractivity contribution in [2.75, 3.05) is 26.4 Å². The summed E-state index contributed by atoms with van der Waals surface area (Å²) in [7, 11) is 0. The Morgan fingerprint density at radius 3 is 1.11 bits per heavy atom. The van der Waals surface area contributed by atoms with Crippen molar-refractivity contribution in [2.45, 2.75) is 162 Å². The summed E-state index contributed by atoms with van der Waals surface area (Å²) in [6.07, 6.45) is 21.3. The summed E-state index contributed by atoms with van der Waals surface area (Å²) < 4.78 is 29.6. The highest BCUT2D eigenvalue weighted by Gasteiger charge is 2.61. The zero-order chi connectivity index (χ0) is 33.2. The highest BCUT2D eigenvalue weighted by atomic mass is 16.7. The minimum Gasteiger partial charge on any atom is -0.462 e. The van der Waals surface area contributed by atoms with Crippen molar-refractivity contribution in [3.8, 4) is 0 Å². The highest BCUT2D eigenvalue weighted by Crippen LogP contribution is 2.62. The van der Waals surface area contributed by atoms with E-state index in [-0.39, 0.29) is 29.6 Å². The lowest BCUT2D eigenvalue weighted by atomic mass is 9.53. The van der Waals surface area contributed by atoms with Gasteiger partial charge in [-0.3, -0.25) is 4.79 Å². The third kappa shape index (κ3) is 6.98. The van der Waals surface area contributed by atoms with Crippen LogP contribution in [0.15, 0.2) is 0 Å². The first-order valence-electron chi connectivity index (χ1n) is 20.8. The Bertz CT molecular complexity index is 924. The molecular weight excluding hydrogens is 588 g/mol. The third-order valence-electron chi connectivity index (χ3n) is 13.9. The Hall–Kier alpha value is -0.690. The van der Waals surface area contributed by atoms with Crippen LogP contribution in [0.5, 0.6) is 0 Å². The van der Waals surface area contributed by atoms with Gasteiger partial charge in [-0.2, -0.15) is 0 Å². The molecule has 0 amide bonds. The zero-order valence-corrected chi connectivity index (χ0v) is 31.0. The molecule has 4 heterocycles. The number of carbonyl (C=O) groups excluding carboxylic acids is 1. The fraction of sp³-hybridized carbons (Fsp3) is 0.976. The summed E-state index contributed by atoms with van der Waals surface area (Å²) in [5.41, 5.74) is 0. The van der Waals surface area contributed by atoms with E-state index in [4.69, 9.17) is 23.7 Å². The Labute approximate surface area is 287 Å². The van der Waals surface area contributed by atoms with Crippen LogP contribution >= 0.6 is 0 Å². The Kier molecular flexibility index (Phi) is 12.1.